The van der Waals surface area contributed by atoms with Crippen LogP contribution < -0.4 is 0 Å². The predicted molar refractivity (Wildman–Crippen MR) is 52.7 cm³/mol. The van der Waals surface area contributed by atoms with Gasteiger partial charge in [0.25, 0.3) is 0 Å². The molecule has 0 saturated heterocycles. The molecule has 1 aliphatic heterocycles. The first-order chi connectivity index (χ1) is 6.55. The van der Waals surface area contributed by atoms with E-state index in [1.165, 1.54) is 6.07 Å². The molecule has 1 aliphatic rings. The second-order valence-electron chi connectivity index (χ2n) is 3.17. The molecule has 0 spiro atoms. The zero-order valence-corrected chi connectivity index (χ0v) is 8.34. The van der Waals surface area contributed by atoms with Gasteiger partial charge in [-0.2, -0.15) is 0 Å². The second kappa shape index (κ2) is 2.78. The van der Waals surface area contributed by atoms with E-state index in [9.17, 15) is 13.2 Å². The molecule has 14 heavy (non-hydrogen) atoms. The second-order valence-corrected chi connectivity index (χ2v) is 5.26. The molecule has 0 unspecified atom stereocenters. The number of allylic oxidation sites excluding steroid dienone is 1. The number of hydrogen-bond acceptors (Lipinski definition) is 3. The Hall–Kier alpha value is -1.42. The van der Waals surface area contributed by atoms with Crippen molar-refractivity contribution in [2.24, 2.45) is 0 Å². The van der Waals surface area contributed by atoms with Crippen molar-refractivity contribution < 1.29 is 13.2 Å². The van der Waals surface area contributed by atoms with E-state index in [1.807, 2.05) is 0 Å². The minimum absolute atomic E-state index is 0.236. The summed E-state index contributed by atoms with van der Waals surface area (Å²) in [6, 6.07) is 4.66. The Balaban J connectivity index is 2.75. The molecule has 0 atom stereocenters. The fourth-order valence-corrected chi connectivity index (χ4v) is 2.80. The van der Waals surface area contributed by atoms with E-state index in [-0.39, 0.29) is 4.90 Å². The smallest absolute Gasteiger partial charge is 0.203 e. The summed E-state index contributed by atoms with van der Waals surface area (Å²) in [5.41, 5.74) is 1.04. The molecule has 0 bridgehead atoms. The highest BCUT2D eigenvalue weighted by Gasteiger charge is 2.26. The lowest BCUT2D eigenvalue weighted by molar-refractivity contribution is 0.112. The maximum atomic E-state index is 11.7. The first kappa shape index (κ1) is 9.15. The molecule has 0 amide bonds. The standard InChI is InChI=1S/C10H8O3S/c1-7-4-9-3-2-8(6-11)5-10(9)14(7,12)13/h2-6H,1H3. The van der Waals surface area contributed by atoms with Crippen molar-refractivity contribution in [2.75, 3.05) is 0 Å². The number of sulfone groups is 1. The van der Waals surface area contributed by atoms with Gasteiger partial charge in [-0.25, -0.2) is 8.42 Å². The van der Waals surface area contributed by atoms with E-state index in [1.54, 1.807) is 25.1 Å². The molecule has 1 aromatic carbocycles. The lowest BCUT2D eigenvalue weighted by atomic mass is 10.1. The average Bonchev–Trinajstić information content (AvgIpc) is 2.38. The highest BCUT2D eigenvalue weighted by atomic mass is 32.2. The van der Waals surface area contributed by atoms with E-state index in [2.05, 4.69) is 0 Å². The summed E-state index contributed by atoms with van der Waals surface area (Å²) in [6.07, 6.45) is 2.25. The third kappa shape index (κ3) is 1.11. The SMILES string of the molecule is CC1=Cc2ccc(C=O)cc2S1(=O)=O. The summed E-state index contributed by atoms with van der Waals surface area (Å²) >= 11 is 0. The van der Waals surface area contributed by atoms with Gasteiger partial charge in [-0.3, -0.25) is 4.79 Å². The van der Waals surface area contributed by atoms with Gasteiger partial charge >= 0.3 is 0 Å². The van der Waals surface area contributed by atoms with Crippen LogP contribution in [0.4, 0.5) is 0 Å². The molecular weight excluding hydrogens is 200 g/mol. The van der Waals surface area contributed by atoms with Crippen LogP contribution in [0.3, 0.4) is 0 Å². The van der Waals surface area contributed by atoms with Gasteiger partial charge in [0.1, 0.15) is 6.29 Å². The minimum atomic E-state index is -3.31. The normalized spacial score (nSPS) is 17.4. The van der Waals surface area contributed by atoms with Crippen molar-refractivity contribution in [3.05, 3.63) is 34.2 Å². The lowest BCUT2D eigenvalue weighted by Crippen LogP contribution is -1.98. The van der Waals surface area contributed by atoms with Crippen LogP contribution in [0.15, 0.2) is 28.0 Å². The van der Waals surface area contributed by atoms with E-state index in [4.69, 9.17) is 0 Å². The van der Waals surface area contributed by atoms with E-state index < -0.39 is 9.84 Å². The van der Waals surface area contributed by atoms with Crippen LogP contribution in [-0.4, -0.2) is 14.7 Å². The van der Waals surface area contributed by atoms with Crippen molar-refractivity contribution in [3.8, 4) is 0 Å². The number of benzene rings is 1. The molecule has 4 heteroatoms. The van der Waals surface area contributed by atoms with Crippen LogP contribution >= 0.6 is 0 Å². The Labute approximate surface area is 82.0 Å². The van der Waals surface area contributed by atoms with Crippen LogP contribution in [0.25, 0.3) is 6.08 Å². The molecule has 0 radical (unpaired) electrons. The zero-order valence-electron chi connectivity index (χ0n) is 7.52. The molecule has 1 aromatic rings. The Morgan fingerprint density at radius 2 is 2.00 bits per heavy atom. The number of aldehydes is 1. The number of hydrogen-bond donors (Lipinski definition) is 0. The zero-order chi connectivity index (χ0) is 10.3. The van der Waals surface area contributed by atoms with Crippen molar-refractivity contribution >= 4 is 22.2 Å². The van der Waals surface area contributed by atoms with Gasteiger partial charge in [-0.1, -0.05) is 12.1 Å². The number of carbonyl (C=O) groups excluding carboxylic acids is 1. The van der Waals surface area contributed by atoms with Gasteiger partial charge < -0.3 is 0 Å². The van der Waals surface area contributed by atoms with Gasteiger partial charge in [0, 0.05) is 10.5 Å². The molecule has 0 fully saturated rings. The first-order valence-electron chi connectivity index (χ1n) is 4.08. The topological polar surface area (TPSA) is 51.2 Å². The van der Waals surface area contributed by atoms with Crippen LogP contribution in [0.5, 0.6) is 0 Å². The molecule has 0 saturated carbocycles. The van der Waals surface area contributed by atoms with Crippen molar-refractivity contribution in [3.63, 3.8) is 0 Å². The maximum Gasteiger partial charge on any atom is 0.203 e. The molecule has 72 valence electrons. The minimum Gasteiger partial charge on any atom is -0.298 e. The predicted octanol–water partition coefficient (Wildman–Crippen LogP) is 1.65. The summed E-state index contributed by atoms with van der Waals surface area (Å²) in [4.78, 5) is 11.1. The Bertz CT molecular complexity index is 538. The summed E-state index contributed by atoms with van der Waals surface area (Å²) in [5.74, 6) is 0. The van der Waals surface area contributed by atoms with Crippen LogP contribution in [0, 0.1) is 0 Å². The number of rotatable bonds is 1. The summed E-state index contributed by atoms with van der Waals surface area (Å²) in [7, 11) is -3.31. The van der Waals surface area contributed by atoms with Gasteiger partial charge in [0.2, 0.25) is 9.84 Å². The van der Waals surface area contributed by atoms with Gasteiger partial charge in [0.05, 0.1) is 4.90 Å². The van der Waals surface area contributed by atoms with E-state index >= 15 is 0 Å². The molecule has 3 nitrogen and oxygen atoms in total. The monoisotopic (exact) mass is 208 g/mol. The fourth-order valence-electron chi connectivity index (χ4n) is 1.45. The van der Waals surface area contributed by atoms with Gasteiger partial charge in [0.15, 0.2) is 0 Å². The average molecular weight is 208 g/mol. The molecule has 0 aliphatic carbocycles. The molecule has 0 aromatic heterocycles. The van der Waals surface area contributed by atoms with Gasteiger partial charge in [-0.05, 0) is 24.6 Å². The van der Waals surface area contributed by atoms with E-state index in [0.29, 0.717) is 22.3 Å². The Morgan fingerprint density at radius 1 is 1.29 bits per heavy atom. The molecule has 2 rings (SSSR count). The summed E-state index contributed by atoms with van der Waals surface area (Å²) < 4.78 is 23.3. The summed E-state index contributed by atoms with van der Waals surface area (Å²) in [5, 5.41) is 0. The lowest BCUT2D eigenvalue weighted by Gasteiger charge is -1.99. The summed E-state index contributed by atoms with van der Waals surface area (Å²) in [6.45, 7) is 1.55. The third-order valence-electron chi connectivity index (χ3n) is 2.25. The highest BCUT2D eigenvalue weighted by Crippen LogP contribution is 2.32. The van der Waals surface area contributed by atoms with E-state index in [0.717, 1.165) is 0 Å². The largest absolute Gasteiger partial charge is 0.298 e. The van der Waals surface area contributed by atoms with Crippen LogP contribution in [-0.2, 0) is 9.84 Å². The Kier molecular flexibility index (Phi) is 1.82. The van der Waals surface area contributed by atoms with Crippen molar-refractivity contribution in [1.82, 2.24) is 0 Å². The third-order valence-corrected chi connectivity index (χ3v) is 4.14. The molecule has 1 heterocycles. The highest BCUT2D eigenvalue weighted by molar-refractivity contribution is 7.95. The Morgan fingerprint density at radius 3 is 2.64 bits per heavy atom. The first-order valence-corrected chi connectivity index (χ1v) is 5.56. The van der Waals surface area contributed by atoms with Crippen molar-refractivity contribution in [2.45, 2.75) is 11.8 Å². The van der Waals surface area contributed by atoms with Gasteiger partial charge in [-0.15, -0.1) is 0 Å². The number of carbonyl (C=O) groups is 1. The van der Waals surface area contributed by atoms with Crippen molar-refractivity contribution in [1.29, 1.82) is 0 Å². The van der Waals surface area contributed by atoms with Crippen LogP contribution in [0.1, 0.15) is 22.8 Å². The maximum absolute atomic E-state index is 11.7. The molecular formula is C10H8O3S. The number of fused-ring (bicyclic) bond motifs is 1. The quantitative estimate of drug-likeness (QED) is 0.659. The molecule has 0 N–H and O–H groups in total. The fraction of sp³-hybridized carbons (Fsp3) is 0.100. The van der Waals surface area contributed by atoms with Crippen LogP contribution in [0.2, 0.25) is 0 Å².